The van der Waals surface area contributed by atoms with E-state index in [9.17, 15) is 13.2 Å². The molecule has 6 nitrogen and oxygen atoms in total. The van der Waals surface area contributed by atoms with Crippen LogP contribution >= 0.6 is 0 Å². The third-order valence-corrected chi connectivity index (χ3v) is 6.21. The van der Waals surface area contributed by atoms with E-state index in [2.05, 4.69) is 25.4 Å². The molecule has 166 valence electrons. The molecule has 0 aliphatic heterocycles. The van der Waals surface area contributed by atoms with Gasteiger partial charge >= 0.3 is 0 Å². The summed E-state index contributed by atoms with van der Waals surface area (Å²) in [5.41, 5.74) is 4.89. The van der Waals surface area contributed by atoms with Crippen LogP contribution in [0.25, 0.3) is 27.8 Å². The van der Waals surface area contributed by atoms with Crippen LogP contribution in [0.2, 0.25) is 0 Å². The van der Waals surface area contributed by atoms with Gasteiger partial charge in [0.15, 0.2) is 5.65 Å². The molecule has 5 aromatic rings. The van der Waals surface area contributed by atoms with Crippen LogP contribution in [0.1, 0.15) is 23.2 Å². The number of anilines is 1. The highest BCUT2D eigenvalue weighted by Gasteiger charge is 2.25. The second-order valence-corrected chi connectivity index (χ2v) is 8.46. The lowest BCUT2D eigenvalue weighted by Crippen LogP contribution is -2.28. The second kappa shape index (κ2) is 7.33. The van der Waals surface area contributed by atoms with Crippen molar-refractivity contribution in [1.29, 1.82) is 0 Å². The molecule has 0 fully saturated rings. The Morgan fingerprint density at radius 3 is 2.79 bits per heavy atom. The van der Waals surface area contributed by atoms with Gasteiger partial charge in [0.1, 0.15) is 23.3 Å². The molecule has 1 aliphatic rings. The first-order chi connectivity index (χ1) is 16.0. The highest BCUT2D eigenvalue weighted by Crippen LogP contribution is 2.33. The molecule has 0 saturated carbocycles. The third kappa shape index (κ3) is 3.31. The molecule has 1 aromatic carbocycles. The summed E-state index contributed by atoms with van der Waals surface area (Å²) in [5, 5.41) is 8.55. The lowest BCUT2D eigenvalue weighted by Gasteiger charge is -2.25. The molecule has 0 spiro atoms. The van der Waals surface area contributed by atoms with Gasteiger partial charge in [-0.2, -0.15) is 9.61 Å². The number of rotatable bonds is 3. The molecular formula is C24H19F3N6. The van der Waals surface area contributed by atoms with Crippen molar-refractivity contribution in [2.45, 2.75) is 32.2 Å². The Morgan fingerprint density at radius 2 is 1.94 bits per heavy atom. The van der Waals surface area contributed by atoms with E-state index in [1.54, 1.807) is 16.9 Å². The van der Waals surface area contributed by atoms with Crippen LogP contribution in [-0.4, -0.2) is 30.6 Å². The minimum absolute atomic E-state index is 0.0106. The molecule has 2 N–H and O–H groups in total. The summed E-state index contributed by atoms with van der Waals surface area (Å²) in [6, 6.07) is 5.50. The summed E-state index contributed by atoms with van der Waals surface area (Å²) >= 11 is 0. The van der Waals surface area contributed by atoms with Gasteiger partial charge in [-0.25, -0.2) is 18.2 Å². The second-order valence-electron chi connectivity index (χ2n) is 8.46. The average Bonchev–Trinajstić information content (AvgIpc) is 3.35. The molecule has 0 amide bonds. The van der Waals surface area contributed by atoms with E-state index < -0.39 is 17.5 Å². The van der Waals surface area contributed by atoms with Crippen LogP contribution < -0.4 is 5.32 Å². The number of hydrogen-bond donors (Lipinski definition) is 2. The highest BCUT2D eigenvalue weighted by atomic mass is 19.1. The Kier molecular flexibility index (Phi) is 4.39. The highest BCUT2D eigenvalue weighted by molar-refractivity contribution is 5.85. The van der Waals surface area contributed by atoms with E-state index in [4.69, 9.17) is 0 Å². The van der Waals surface area contributed by atoms with Gasteiger partial charge in [0.05, 0.1) is 23.6 Å². The predicted molar refractivity (Wildman–Crippen MR) is 119 cm³/mol. The van der Waals surface area contributed by atoms with Crippen molar-refractivity contribution in [2.75, 3.05) is 5.32 Å². The van der Waals surface area contributed by atoms with Crippen molar-refractivity contribution in [3.63, 3.8) is 0 Å². The van der Waals surface area contributed by atoms with Gasteiger partial charge in [-0.1, -0.05) is 0 Å². The van der Waals surface area contributed by atoms with Crippen molar-refractivity contribution in [2.24, 2.45) is 0 Å². The zero-order valence-electron chi connectivity index (χ0n) is 17.7. The maximum Gasteiger partial charge on any atom is 0.160 e. The van der Waals surface area contributed by atoms with E-state index in [1.165, 1.54) is 12.1 Å². The number of nitrogens with one attached hydrogen (secondary N) is 2. The first kappa shape index (κ1) is 19.8. The summed E-state index contributed by atoms with van der Waals surface area (Å²) in [4.78, 5) is 11.7. The quantitative estimate of drug-likeness (QED) is 0.409. The maximum absolute atomic E-state index is 14.3. The predicted octanol–water partition coefficient (Wildman–Crippen LogP) is 4.97. The standard InChI is InChI=1S/C24H19F3N6/c1-12-9-29-33-22(8-21(32-24(12)33)13-4-15(26)11-28-10-13)30-16-2-3-20-17(7-16)18-5-14(25)6-19(27)23(18)31-20/h4-6,8-11,16,30-31H,2-3,7H2,1H3/t16-/m0/s1. The van der Waals surface area contributed by atoms with Gasteiger partial charge in [0.2, 0.25) is 0 Å². The first-order valence-corrected chi connectivity index (χ1v) is 10.7. The van der Waals surface area contributed by atoms with Gasteiger partial charge < -0.3 is 10.3 Å². The fraction of sp³-hybridized carbons (Fsp3) is 0.208. The van der Waals surface area contributed by atoms with E-state index in [0.29, 0.717) is 46.5 Å². The van der Waals surface area contributed by atoms with Crippen molar-refractivity contribution in [3.8, 4) is 11.3 Å². The first-order valence-electron chi connectivity index (χ1n) is 10.7. The fourth-order valence-corrected chi connectivity index (χ4v) is 4.65. The van der Waals surface area contributed by atoms with Gasteiger partial charge in [-0.3, -0.25) is 4.98 Å². The number of nitrogens with zero attached hydrogens (tertiary/aromatic N) is 4. The van der Waals surface area contributed by atoms with Crippen LogP contribution in [-0.2, 0) is 12.8 Å². The Morgan fingerprint density at radius 1 is 1.06 bits per heavy atom. The number of pyridine rings is 1. The maximum atomic E-state index is 14.3. The van der Waals surface area contributed by atoms with Crippen LogP contribution in [0.3, 0.4) is 0 Å². The lowest BCUT2D eigenvalue weighted by atomic mass is 9.91. The fourth-order valence-electron chi connectivity index (χ4n) is 4.65. The lowest BCUT2D eigenvalue weighted by molar-refractivity contribution is 0.591. The number of hydrogen-bond acceptors (Lipinski definition) is 4. The largest absolute Gasteiger partial charge is 0.367 e. The number of aromatic amines is 1. The van der Waals surface area contributed by atoms with Gasteiger partial charge in [-0.15, -0.1) is 0 Å². The Hall–Kier alpha value is -3.88. The molecular weight excluding hydrogens is 429 g/mol. The Labute approximate surface area is 186 Å². The van der Waals surface area contributed by atoms with E-state index in [-0.39, 0.29) is 6.04 Å². The van der Waals surface area contributed by atoms with Crippen molar-refractivity contribution >= 4 is 22.4 Å². The smallest absolute Gasteiger partial charge is 0.160 e. The van der Waals surface area contributed by atoms with Crippen LogP contribution in [0.5, 0.6) is 0 Å². The van der Waals surface area contributed by atoms with Gasteiger partial charge in [0.25, 0.3) is 0 Å². The monoisotopic (exact) mass is 448 g/mol. The van der Waals surface area contributed by atoms with E-state index in [0.717, 1.165) is 35.5 Å². The van der Waals surface area contributed by atoms with Crippen molar-refractivity contribution < 1.29 is 13.2 Å². The molecule has 4 aromatic heterocycles. The zero-order chi connectivity index (χ0) is 22.7. The summed E-state index contributed by atoms with van der Waals surface area (Å²) in [6.07, 6.45) is 6.54. The summed E-state index contributed by atoms with van der Waals surface area (Å²) in [7, 11) is 0. The number of fused-ring (bicyclic) bond motifs is 4. The molecule has 0 saturated heterocycles. The molecule has 4 heterocycles. The zero-order valence-corrected chi connectivity index (χ0v) is 17.7. The SMILES string of the molecule is Cc1cnn2c(N[C@H]3CCc4[nH]c5c(F)cc(F)cc5c4C3)cc(-c3cncc(F)c3)nc12. The Bertz CT molecular complexity index is 1540. The number of benzene rings is 1. The van der Waals surface area contributed by atoms with E-state index >= 15 is 0 Å². The molecule has 0 unspecified atom stereocenters. The molecule has 33 heavy (non-hydrogen) atoms. The van der Waals surface area contributed by atoms with Gasteiger partial charge in [0, 0.05) is 46.6 Å². The number of aromatic nitrogens is 5. The molecule has 1 aliphatic carbocycles. The topological polar surface area (TPSA) is 70.9 Å². The average molecular weight is 448 g/mol. The van der Waals surface area contributed by atoms with Crippen LogP contribution in [0.15, 0.2) is 42.9 Å². The number of halogens is 3. The summed E-state index contributed by atoms with van der Waals surface area (Å²) < 4.78 is 43.6. The van der Waals surface area contributed by atoms with Gasteiger partial charge in [-0.05, 0) is 43.9 Å². The van der Waals surface area contributed by atoms with Crippen molar-refractivity contribution in [3.05, 3.63) is 77.1 Å². The molecule has 0 radical (unpaired) electrons. The summed E-state index contributed by atoms with van der Waals surface area (Å²) in [5.74, 6) is -0.904. The molecule has 1 atom stereocenters. The van der Waals surface area contributed by atoms with Crippen molar-refractivity contribution in [1.82, 2.24) is 24.6 Å². The third-order valence-electron chi connectivity index (χ3n) is 6.21. The van der Waals surface area contributed by atoms with E-state index in [1.807, 2.05) is 13.0 Å². The molecule has 9 heteroatoms. The number of aryl methyl sites for hydroxylation is 2. The van der Waals surface area contributed by atoms with Crippen LogP contribution in [0.4, 0.5) is 19.0 Å². The minimum Gasteiger partial charge on any atom is -0.367 e. The molecule has 0 bridgehead atoms. The Balaban J connectivity index is 1.39. The van der Waals surface area contributed by atoms with Crippen LogP contribution in [0, 0.1) is 24.4 Å². The normalized spacial score (nSPS) is 15.8. The summed E-state index contributed by atoms with van der Waals surface area (Å²) in [6.45, 7) is 1.91. The molecule has 6 rings (SSSR count). The number of H-pyrrole nitrogens is 1. The minimum atomic E-state index is -0.590.